The minimum atomic E-state index is -1.57. The van der Waals surface area contributed by atoms with Crippen molar-refractivity contribution in [1.29, 1.82) is 0 Å². The minimum absolute atomic E-state index is 0.0340. The topological polar surface area (TPSA) is 221 Å². The van der Waals surface area contributed by atoms with E-state index in [9.17, 15) is 40.9 Å². The Balaban J connectivity index is 1.07. The van der Waals surface area contributed by atoms with Crippen LogP contribution in [-0.4, -0.2) is 145 Å². The van der Waals surface area contributed by atoms with Crippen LogP contribution in [0.3, 0.4) is 0 Å². The summed E-state index contributed by atoms with van der Waals surface area (Å²) in [7, 11) is 0. The van der Waals surface area contributed by atoms with E-state index < -0.39 is 97.0 Å². The lowest BCUT2D eigenvalue weighted by molar-refractivity contribution is -0.333. The maximum Gasteiger partial charge on any atom is 0.198 e. The molecular weight excluding hydrogens is 728 g/mol. The van der Waals surface area contributed by atoms with Gasteiger partial charge in [0, 0.05) is 12.3 Å². The average molecular weight is 799 g/mol. The summed E-state index contributed by atoms with van der Waals surface area (Å²) in [5.41, 5.74) is -2.10. The van der Waals surface area contributed by atoms with Crippen molar-refractivity contribution in [2.24, 2.45) is 38.9 Å². The number of hydrogen-bond acceptors (Lipinski definition) is 14. The highest BCUT2D eigenvalue weighted by Crippen LogP contribution is 2.83. The molecule has 8 rings (SSSR count). The first-order chi connectivity index (χ1) is 25.9. The fraction of sp³-hybridized carbons (Fsp3) is 1.00. The van der Waals surface area contributed by atoms with Crippen molar-refractivity contribution >= 4 is 0 Å². The largest absolute Gasteiger partial charge is 0.394 e. The van der Waals surface area contributed by atoms with Crippen molar-refractivity contribution in [3.63, 3.8) is 0 Å². The van der Waals surface area contributed by atoms with Gasteiger partial charge in [0.1, 0.15) is 48.3 Å². The van der Waals surface area contributed by atoms with Gasteiger partial charge in [-0.2, -0.15) is 0 Å². The van der Waals surface area contributed by atoms with E-state index in [4.69, 9.17) is 28.4 Å². The van der Waals surface area contributed by atoms with E-state index in [0.29, 0.717) is 19.3 Å². The van der Waals surface area contributed by atoms with E-state index >= 15 is 0 Å². The molecule has 14 nitrogen and oxygen atoms in total. The zero-order valence-corrected chi connectivity index (χ0v) is 34.6. The van der Waals surface area contributed by atoms with Gasteiger partial charge in [-0.05, 0) is 112 Å². The first-order valence-corrected chi connectivity index (χ1v) is 21.3. The lowest BCUT2D eigenvalue weighted by atomic mass is 9.51. The summed E-state index contributed by atoms with van der Waals surface area (Å²) in [5, 5.41) is 85.4. The summed E-state index contributed by atoms with van der Waals surface area (Å²) in [6.45, 7) is 16.8. The van der Waals surface area contributed by atoms with Crippen LogP contribution in [0.15, 0.2) is 0 Å². The van der Waals surface area contributed by atoms with Gasteiger partial charge in [-0.25, -0.2) is 0 Å². The number of hydrogen-bond donors (Lipinski definition) is 8. The molecule has 0 aromatic rings. The van der Waals surface area contributed by atoms with E-state index in [1.807, 2.05) is 0 Å². The molecular formula is C42H70O14. The Labute approximate surface area is 331 Å². The Kier molecular flexibility index (Phi) is 10.1. The van der Waals surface area contributed by atoms with Crippen molar-refractivity contribution in [3.8, 4) is 0 Å². The third-order valence-electron chi connectivity index (χ3n) is 17.6. The predicted octanol–water partition coefficient (Wildman–Crippen LogP) is 1.87. The highest BCUT2D eigenvalue weighted by atomic mass is 16.8. The second-order valence-electron chi connectivity index (χ2n) is 21.6. The molecule has 0 amide bonds. The summed E-state index contributed by atoms with van der Waals surface area (Å²) in [6, 6.07) is 0. The SMILES string of the molecule is CC1(C)[C@@H](O[C@@H]2OC[C@@H](O)C(O)[C@H]2O)CC[C@]23C[C@@]2(CC[C@]2(C)[C@@H]([C@@]4(C)CC[C@]5(OC5(C)C)O4)[C@@H](O)CC2(C)C)CC[C@H](O[C@@H]2O[C@H](CO)[C@@H](O)[C@H](O)[C@H]2O)[C@@H]13. The number of ether oxygens (including phenoxy) is 6. The van der Waals surface area contributed by atoms with Gasteiger partial charge in [0.05, 0.1) is 37.1 Å². The molecule has 322 valence electrons. The van der Waals surface area contributed by atoms with Crippen LogP contribution in [0.25, 0.3) is 0 Å². The second-order valence-corrected chi connectivity index (χ2v) is 21.6. The molecule has 4 aliphatic heterocycles. The van der Waals surface area contributed by atoms with Crippen LogP contribution < -0.4 is 0 Å². The van der Waals surface area contributed by atoms with E-state index in [-0.39, 0.29) is 45.7 Å². The maximum absolute atomic E-state index is 11.9. The maximum atomic E-state index is 11.9. The van der Waals surface area contributed by atoms with Gasteiger partial charge < -0.3 is 69.3 Å². The van der Waals surface area contributed by atoms with E-state index in [2.05, 4.69) is 55.4 Å². The quantitative estimate of drug-likeness (QED) is 0.123. The van der Waals surface area contributed by atoms with E-state index in [1.165, 1.54) is 0 Å². The summed E-state index contributed by atoms with van der Waals surface area (Å²) in [6.07, 6.45) is -5.50. The van der Waals surface area contributed by atoms with Gasteiger partial charge in [-0.3, -0.25) is 0 Å². The first kappa shape index (κ1) is 42.1. The first-order valence-electron chi connectivity index (χ1n) is 21.3. The third-order valence-corrected chi connectivity index (χ3v) is 17.6. The Morgan fingerprint density at radius 1 is 0.661 bits per heavy atom. The summed E-state index contributed by atoms with van der Waals surface area (Å²) < 4.78 is 37.9. The Bertz CT molecular complexity index is 1490. The molecule has 0 bridgehead atoms. The van der Waals surface area contributed by atoms with Crippen LogP contribution in [0.5, 0.6) is 0 Å². The highest BCUT2D eigenvalue weighted by molar-refractivity contribution is 5.26. The molecule has 8 N–H and O–H groups in total. The number of rotatable bonds is 9. The standard InChI is InChI=1S/C42H70O14/c1-35(2)17-21(44)31(39(8)14-16-42(56-39)37(5,6)55-42)38(35,7)13-15-40-11-9-23(52-34-30(50)28(48)27(47)24(18-43)53-34)32-36(3,4)25(10-12-41(32,40)20-40)54-33-29(49)26(46)22(45)19-51-33/h21-34,43-50H,9-20H2,1-8H3/t21-,22+,23-,24+,25-,26?,27+,28-,29+,30+,31-,32-,33-,34+,38+,39+,40-,41+,42-/m0/s1. The van der Waals surface area contributed by atoms with Gasteiger partial charge in [0.15, 0.2) is 18.4 Å². The summed E-state index contributed by atoms with van der Waals surface area (Å²) in [4.78, 5) is 0. The van der Waals surface area contributed by atoms with Crippen molar-refractivity contribution in [1.82, 2.24) is 0 Å². The van der Waals surface area contributed by atoms with Gasteiger partial charge in [-0.1, -0.05) is 34.6 Å². The Morgan fingerprint density at radius 2 is 1.34 bits per heavy atom. The smallest absolute Gasteiger partial charge is 0.198 e. The van der Waals surface area contributed by atoms with Gasteiger partial charge in [-0.15, -0.1) is 0 Å². The molecule has 0 aromatic heterocycles. The van der Waals surface area contributed by atoms with Crippen LogP contribution in [-0.2, 0) is 28.4 Å². The van der Waals surface area contributed by atoms with Crippen molar-refractivity contribution in [2.75, 3.05) is 13.2 Å². The minimum Gasteiger partial charge on any atom is -0.394 e. The lowest BCUT2D eigenvalue weighted by Gasteiger charge is -2.58. The molecule has 0 aromatic carbocycles. The van der Waals surface area contributed by atoms with Crippen LogP contribution in [0.2, 0.25) is 0 Å². The Hall–Kier alpha value is -0.560. The van der Waals surface area contributed by atoms with Gasteiger partial charge in [0.2, 0.25) is 0 Å². The monoisotopic (exact) mass is 798 g/mol. The number of aliphatic hydroxyl groups is 8. The molecule has 1 unspecified atom stereocenters. The molecule has 2 spiro atoms. The predicted molar refractivity (Wildman–Crippen MR) is 198 cm³/mol. The summed E-state index contributed by atoms with van der Waals surface area (Å²) in [5.74, 6) is -0.820. The van der Waals surface area contributed by atoms with Crippen molar-refractivity contribution < 1.29 is 69.3 Å². The van der Waals surface area contributed by atoms with E-state index in [0.717, 1.165) is 44.9 Å². The molecule has 8 fully saturated rings. The van der Waals surface area contributed by atoms with E-state index in [1.54, 1.807) is 0 Å². The summed E-state index contributed by atoms with van der Waals surface area (Å²) >= 11 is 0. The fourth-order valence-corrected chi connectivity index (χ4v) is 14.0. The highest BCUT2D eigenvalue weighted by Gasteiger charge is 2.78. The second kappa shape index (κ2) is 13.5. The van der Waals surface area contributed by atoms with Crippen LogP contribution in [0.1, 0.15) is 120 Å². The fourth-order valence-electron chi connectivity index (χ4n) is 14.0. The molecule has 4 saturated heterocycles. The van der Waals surface area contributed by atoms with Crippen LogP contribution >= 0.6 is 0 Å². The molecule has 56 heavy (non-hydrogen) atoms. The average Bonchev–Trinajstić information content (AvgIpc) is 3.84. The van der Waals surface area contributed by atoms with Crippen LogP contribution in [0, 0.1) is 38.9 Å². The molecule has 4 saturated carbocycles. The number of epoxide rings is 1. The molecule has 0 radical (unpaired) electrons. The van der Waals surface area contributed by atoms with Gasteiger partial charge >= 0.3 is 0 Å². The van der Waals surface area contributed by atoms with Crippen LogP contribution in [0.4, 0.5) is 0 Å². The van der Waals surface area contributed by atoms with Crippen molar-refractivity contribution in [2.45, 2.75) is 210 Å². The zero-order valence-electron chi connectivity index (χ0n) is 34.6. The third kappa shape index (κ3) is 6.00. The normalized spacial score (nSPS) is 56.8. The van der Waals surface area contributed by atoms with Gasteiger partial charge in [0.25, 0.3) is 0 Å². The molecule has 4 aliphatic carbocycles. The number of aliphatic hydroxyl groups excluding tert-OH is 8. The molecule has 8 aliphatic rings. The zero-order chi connectivity index (χ0) is 40.8. The lowest BCUT2D eigenvalue weighted by Crippen LogP contribution is -2.62. The molecule has 19 atom stereocenters. The van der Waals surface area contributed by atoms with Crippen molar-refractivity contribution in [3.05, 3.63) is 0 Å². The molecule has 14 heteroatoms. The Morgan fingerprint density at radius 3 is 1.98 bits per heavy atom. The molecule has 4 heterocycles.